The van der Waals surface area contributed by atoms with Gasteiger partial charge in [-0.25, -0.2) is 0 Å². The van der Waals surface area contributed by atoms with E-state index in [0.29, 0.717) is 0 Å². The van der Waals surface area contributed by atoms with E-state index in [1.807, 2.05) is 0 Å². The minimum absolute atomic E-state index is 0.955. The molecule has 0 saturated carbocycles. The van der Waals surface area contributed by atoms with Gasteiger partial charge in [-0.15, -0.1) is 0 Å². The molecule has 3 rings (SSSR count). The Morgan fingerprint density at radius 2 is 2.00 bits per heavy atom. The van der Waals surface area contributed by atoms with Crippen molar-refractivity contribution in [2.24, 2.45) is 0 Å². The average Bonchev–Trinajstić information content (AvgIpc) is 2.59. The van der Waals surface area contributed by atoms with Crippen LogP contribution in [0.4, 0.5) is 5.69 Å². The summed E-state index contributed by atoms with van der Waals surface area (Å²) in [6.45, 7) is 0.955. The second-order valence-corrected chi connectivity index (χ2v) is 3.77. The summed E-state index contributed by atoms with van der Waals surface area (Å²) in [7, 11) is 2.10. The zero-order valence-corrected chi connectivity index (χ0v) is 8.14. The molecule has 70 valence electrons. The molecule has 2 nitrogen and oxygen atoms in total. The van der Waals surface area contributed by atoms with Crippen molar-refractivity contribution < 1.29 is 0 Å². The molecule has 2 aliphatic rings. The Kier molecular flexibility index (Phi) is 1.45. The van der Waals surface area contributed by atoms with Crippen LogP contribution >= 0.6 is 0 Å². The van der Waals surface area contributed by atoms with Crippen LogP contribution in [0.1, 0.15) is 5.56 Å². The van der Waals surface area contributed by atoms with Crippen molar-refractivity contribution in [1.29, 1.82) is 0 Å². The molecule has 2 heterocycles. The Labute approximate surface area is 83.7 Å². The first kappa shape index (κ1) is 7.68. The molecule has 0 N–H and O–H groups in total. The number of para-hydroxylation sites is 1. The van der Waals surface area contributed by atoms with Crippen LogP contribution in [0.3, 0.4) is 0 Å². The van der Waals surface area contributed by atoms with Gasteiger partial charge in [0.25, 0.3) is 0 Å². The van der Waals surface area contributed by atoms with Crippen LogP contribution in [-0.4, -0.2) is 18.6 Å². The molecule has 2 heteroatoms. The highest BCUT2D eigenvalue weighted by Crippen LogP contribution is 2.33. The Morgan fingerprint density at radius 1 is 1.14 bits per heavy atom. The van der Waals surface area contributed by atoms with E-state index in [1.54, 1.807) is 0 Å². The van der Waals surface area contributed by atoms with Gasteiger partial charge in [0.05, 0.1) is 18.1 Å². The second kappa shape index (κ2) is 2.64. The molecule has 0 spiro atoms. The van der Waals surface area contributed by atoms with Crippen molar-refractivity contribution in [2.45, 2.75) is 0 Å². The second-order valence-electron chi connectivity index (χ2n) is 3.77. The summed E-state index contributed by atoms with van der Waals surface area (Å²) in [4.78, 5) is 4.52. The van der Waals surface area contributed by atoms with Crippen molar-refractivity contribution in [3.63, 3.8) is 0 Å². The van der Waals surface area contributed by atoms with Crippen LogP contribution in [0, 0.1) is 0 Å². The Bertz CT molecular complexity index is 432. The van der Waals surface area contributed by atoms with E-state index in [9.17, 15) is 0 Å². The van der Waals surface area contributed by atoms with Crippen LogP contribution in [0.2, 0.25) is 0 Å². The normalized spacial score (nSPS) is 17.9. The number of hydrogen-bond donors (Lipinski definition) is 0. The molecule has 14 heavy (non-hydrogen) atoms. The smallest absolute Gasteiger partial charge is 0.0945 e. The number of rotatable bonds is 0. The summed E-state index contributed by atoms with van der Waals surface area (Å²) < 4.78 is 0. The fraction of sp³-hybridized carbons (Fsp3) is 0.167. The molecule has 0 unspecified atom stereocenters. The van der Waals surface area contributed by atoms with Gasteiger partial charge in [0.1, 0.15) is 0 Å². The van der Waals surface area contributed by atoms with E-state index in [0.717, 1.165) is 6.67 Å². The topological polar surface area (TPSA) is 6.48 Å². The van der Waals surface area contributed by atoms with Crippen molar-refractivity contribution >= 4 is 11.8 Å². The highest BCUT2D eigenvalue weighted by atomic mass is 15.3. The first-order valence-electron chi connectivity index (χ1n) is 4.81. The third-order valence-corrected chi connectivity index (χ3v) is 2.69. The average molecular weight is 184 g/mol. The molecular formula is C12H12N2. The Balaban J connectivity index is 2.14. The van der Waals surface area contributed by atoms with E-state index in [2.05, 4.69) is 59.5 Å². The number of anilines is 1. The maximum Gasteiger partial charge on any atom is 0.0945 e. The van der Waals surface area contributed by atoms with Gasteiger partial charge >= 0.3 is 0 Å². The summed E-state index contributed by atoms with van der Waals surface area (Å²) in [5, 5.41) is 0. The molecule has 0 bridgehead atoms. The molecule has 2 aliphatic heterocycles. The lowest BCUT2D eigenvalue weighted by molar-refractivity contribution is 0.495. The van der Waals surface area contributed by atoms with Crippen molar-refractivity contribution in [1.82, 2.24) is 4.90 Å². The zero-order valence-electron chi connectivity index (χ0n) is 8.14. The quantitative estimate of drug-likeness (QED) is 0.610. The summed E-state index contributed by atoms with van der Waals surface area (Å²) in [5.74, 6) is 0. The molecule has 0 fully saturated rings. The fourth-order valence-electron chi connectivity index (χ4n) is 2.04. The number of allylic oxidation sites excluding steroid dienone is 1. The van der Waals surface area contributed by atoms with E-state index in [4.69, 9.17) is 0 Å². The van der Waals surface area contributed by atoms with E-state index >= 15 is 0 Å². The molecule has 0 radical (unpaired) electrons. The Hall–Kier alpha value is -1.70. The van der Waals surface area contributed by atoms with Crippen LogP contribution < -0.4 is 4.90 Å². The van der Waals surface area contributed by atoms with Crippen molar-refractivity contribution in [2.75, 3.05) is 18.6 Å². The first-order valence-corrected chi connectivity index (χ1v) is 4.81. The zero-order chi connectivity index (χ0) is 9.54. The minimum atomic E-state index is 0.955. The van der Waals surface area contributed by atoms with Crippen molar-refractivity contribution in [3.05, 3.63) is 47.8 Å². The summed E-state index contributed by atoms with van der Waals surface area (Å²) >= 11 is 0. The van der Waals surface area contributed by atoms with Gasteiger partial charge in [-0.3, -0.25) is 0 Å². The highest BCUT2D eigenvalue weighted by Gasteiger charge is 2.22. The molecule has 0 atom stereocenters. The van der Waals surface area contributed by atoms with E-state index in [1.165, 1.54) is 16.9 Å². The van der Waals surface area contributed by atoms with E-state index in [-0.39, 0.29) is 0 Å². The summed E-state index contributed by atoms with van der Waals surface area (Å²) in [5.41, 5.74) is 3.90. The molecule has 1 aromatic rings. The number of hydrogen-bond acceptors (Lipinski definition) is 2. The van der Waals surface area contributed by atoms with Crippen molar-refractivity contribution in [3.8, 4) is 0 Å². The van der Waals surface area contributed by atoms with Gasteiger partial charge in [0.2, 0.25) is 0 Å². The predicted octanol–water partition coefficient (Wildman–Crippen LogP) is 2.26. The molecule has 0 aliphatic carbocycles. The van der Waals surface area contributed by atoms with Gasteiger partial charge in [0.15, 0.2) is 0 Å². The predicted molar refractivity (Wildman–Crippen MR) is 58.7 cm³/mol. The lowest BCUT2D eigenvalue weighted by Crippen LogP contribution is -2.25. The van der Waals surface area contributed by atoms with Gasteiger partial charge < -0.3 is 9.80 Å². The van der Waals surface area contributed by atoms with E-state index < -0.39 is 0 Å². The monoisotopic (exact) mass is 184 g/mol. The molecule has 0 aromatic heterocycles. The SMILES string of the molecule is CN1C=C2C=Cc3ccccc3N2C1. The van der Waals surface area contributed by atoms with Gasteiger partial charge in [-0.2, -0.15) is 0 Å². The van der Waals surface area contributed by atoms with Crippen LogP contribution in [0.25, 0.3) is 6.08 Å². The highest BCUT2D eigenvalue weighted by molar-refractivity contribution is 5.76. The van der Waals surface area contributed by atoms with Gasteiger partial charge in [-0.05, 0) is 17.7 Å². The minimum Gasteiger partial charge on any atom is -0.361 e. The van der Waals surface area contributed by atoms with Crippen LogP contribution in [0.5, 0.6) is 0 Å². The standard InChI is InChI=1S/C12H12N2/c1-13-8-11-7-6-10-4-2-3-5-12(10)14(11)9-13/h2-8H,9H2,1H3. The Morgan fingerprint density at radius 3 is 2.93 bits per heavy atom. The maximum absolute atomic E-state index is 2.33. The number of benzene rings is 1. The third kappa shape index (κ3) is 0.970. The largest absolute Gasteiger partial charge is 0.361 e. The summed E-state index contributed by atoms with van der Waals surface area (Å²) in [6.07, 6.45) is 6.52. The first-order chi connectivity index (χ1) is 6.84. The fourth-order valence-corrected chi connectivity index (χ4v) is 2.04. The van der Waals surface area contributed by atoms with Crippen LogP contribution in [-0.2, 0) is 0 Å². The maximum atomic E-state index is 2.33. The lowest BCUT2D eigenvalue weighted by Gasteiger charge is -2.26. The molecular weight excluding hydrogens is 172 g/mol. The summed E-state index contributed by atoms with van der Waals surface area (Å²) in [6, 6.07) is 8.50. The van der Waals surface area contributed by atoms with Gasteiger partial charge in [0, 0.05) is 13.2 Å². The van der Waals surface area contributed by atoms with Gasteiger partial charge in [-0.1, -0.05) is 24.3 Å². The molecule has 0 saturated heterocycles. The van der Waals surface area contributed by atoms with Crippen LogP contribution in [0.15, 0.2) is 42.2 Å². The molecule has 0 amide bonds. The lowest BCUT2D eigenvalue weighted by atomic mass is 10.1. The third-order valence-electron chi connectivity index (χ3n) is 2.69. The molecule has 1 aromatic carbocycles. The number of fused-ring (bicyclic) bond motifs is 3. The number of nitrogens with zero attached hydrogens (tertiary/aromatic N) is 2.